The van der Waals surface area contributed by atoms with Crippen LogP contribution in [0.4, 0.5) is 0 Å². The number of nitrogens with one attached hydrogen (secondary N) is 2. The smallest absolute Gasteiger partial charge is 0.0156 e. The van der Waals surface area contributed by atoms with Crippen LogP contribution in [-0.4, -0.2) is 24.2 Å². The second-order valence-electron chi connectivity index (χ2n) is 11.7. The van der Waals surface area contributed by atoms with E-state index in [0.717, 1.165) is 0 Å². The first-order valence-electron chi connectivity index (χ1n) is 11.9. The van der Waals surface area contributed by atoms with Crippen LogP contribution in [-0.2, 0) is 12.8 Å². The summed E-state index contributed by atoms with van der Waals surface area (Å²) < 4.78 is 0. The summed E-state index contributed by atoms with van der Waals surface area (Å²) >= 11 is 0. The van der Waals surface area contributed by atoms with Crippen LogP contribution in [0.3, 0.4) is 0 Å². The maximum absolute atomic E-state index is 4.20. The van der Waals surface area contributed by atoms with Crippen LogP contribution in [0.25, 0.3) is 0 Å². The highest BCUT2D eigenvalue weighted by molar-refractivity contribution is 5.39. The van der Waals surface area contributed by atoms with Crippen molar-refractivity contribution in [2.24, 2.45) is 21.7 Å². The average molecular weight is 401 g/mol. The minimum absolute atomic E-state index is 0.230. The van der Waals surface area contributed by atoms with Gasteiger partial charge >= 0.3 is 0 Å². The maximum atomic E-state index is 4.20. The molecular weight excluding hydrogens is 364 g/mol. The first-order valence-corrected chi connectivity index (χ1v) is 11.9. The Labute approximate surface area is 181 Å². The second kappa shape index (κ2) is 5.99. The Bertz CT molecular complexity index is 870. The molecule has 0 radical (unpaired) electrons. The normalized spacial score (nSPS) is 41.9. The minimum atomic E-state index is 0.230. The molecule has 158 valence electrons. The van der Waals surface area contributed by atoms with Gasteiger partial charge in [-0.2, -0.15) is 0 Å². The predicted octanol–water partition coefficient (Wildman–Crippen LogP) is 4.99. The molecule has 2 saturated carbocycles. The third-order valence-corrected chi connectivity index (χ3v) is 10.4. The Hall–Kier alpha value is -1.64. The van der Waals surface area contributed by atoms with E-state index in [2.05, 4.69) is 99.0 Å². The van der Waals surface area contributed by atoms with Crippen molar-refractivity contribution in [3.63, 3.8) is 0 Å². The lowest BCUT2D eigenvalue weighted by Gasteiger charge is -2.68. The molecule has 2 heterocycles. The van der Waals surface area contributed by atoms with E-state index in [1.807, 2.05) is 0 Å². The van der Waals surface area contributed by atoms with E-state index in [4.69, 9.17) is 0 Å². The molecule has 2 saturated heterocycles. The van der Waals surface area contributed by atoms with Crippen LogP contribution >= 0.6 is 0 Å². The van der Waals surface area contributed by atoms with Gasteiger partial charge < -0.3 is 10.6 Å². The lowest BCUT2D eigenvalue weighted by molar-refractivity contribution is -0.171. The fourth-order valence-electron chi connectivity index (χ4n) is 9.07. The van der Waals surface area contributed by atoms with Crippen LogP contribution < -0.4 is 10.6 Å². The molecule has 2 heteroatoms. The van der Waals surface area contributed by atoms with Gasteiger partial charge in [0.2, 0.25) is 0 Å². The summed E-state index contributed by atoms with van der Waals surface area (Å²) in [5, 5.41) is 8.41. The fraction of sp³-hybridized carbons (Fsp3) is 0.571. The maximum Gasteiger partial charge on any atom is 0.0156 e. The molecule has 0 spiro atoms. The van der Waals surface area contributed by atoms with Crippen molar-refractivity contribution in [2.45, 2.75) is 77.5 Å². The monoisotopic (exact) mass is 400 g/mol. The highest BCUT2D eigenvalue weighted by atomic mass is 15.2. The van der Waals surface area contributed by atoms with E-state index in [1.165, 1.54) is 36.8 Å². The molecule has 0 amide bonds. The Morgan fingerprint density at radius 1 is 0.600 bits per heavy atom. The Kier molecular flexibility index (Phi) is 3.81. The molecule has 6 atom stereocenters. The fourth-order valence-corrected chi connectivity index (χ4v) is 9.07. The van der Waals surface area contributed by atoms with Gasteiger partial charge in [0.05, 0.1) is 0 Å². The molecule has 2 nitrogen and oxygen atoms in total. The van der Waals surface area contributed by atoms with Crippen molar-refractivity contribution in [2.75, 3.05) is 0 Å². The minimum Gasteiger partial charge on any atom is -0.310 e. The highest BCUT2D eigenvalue weighted by Gasteiger charge is 2.82. The first-order chi connectivity index (χ1) is 14.3. The van der Waals surface area contributed by atoms with Crippen molar-refractivity contribution >= 4 is 0 Å². The third kappa shape index (κ3) is 2.03. The average Bonchev–Trinajstić information content (AvgIpc) is 2.94. The molecule has 2 aromatic rings. The van der Waals surface area contributed by atoms with E-state index >= 15 is 0 Å². The molecule has 4 bridgehead atoms. The van der Waals surface area contributed by atoms with Gasteiger partial charge in [-0.25, -0.2) is 0 Å². The molecule has 4 fully saturated rings. The molecule has 0 aromatic heterocycles. The molecule has 4 aliphatic rings. The van der Waals surface area contributed by atoms with Gasteiger partial charge in [-0.1, -0.05) is 88.4 Å². The first kappa shape index (κ1) is 19.1. The zero-order valence-corrected chi connectivity index (χ0v) is 18.9. The zero-order chi connectivity index (χ0) is 20.8. The summed E-state index contributed by atoms with van der Waals surface area (Å²) in [6.45, 7) is 10.4. The van der Waals surface area contributed by atoms with Crippen LogP contribution in [0.2, 0.25) is 0 Å². The van der Waals surface area contributed by atoms with Gasteiger partial charge in [-0.3, -0.25) is 0 Å². The van der Waals surface area contributed by atoms with Crippen molar-refractivity contribution < 1.29 is 0 Å². The number of benzene rings is 2. The summed E-state index contributed by atoms with van der Waals surface area (Å²) in [6.07, 6.45) is 4.87. The SMILES string of the molecule is CC1(C)C2CC3NC4CC(N2)C1(Cc1ccccc1)C3(Cc1ccccc1)C4(C)C. The standard InChI is InChI=1S/C28H36N2/c1-25(2)21-15-24-28(18-20-13-9-6-10-14-20)26(3,4)22(30-24)16-23(29-21)27(25,28)17-19-11-7-5-8-12-19/h5-14,21-24,29-30H,15-18H2,1-4H3. The Morgan fingerprint density at radius 3 is 1.33 bits per heavy atom. The summed E-state index contributed by atoms with van der Waals surface area (Å²) in [4.78, 5) is 0. The van der Waals surface area contributed by atoms with E-state index < -0.39 is 0 Å². The largest absolute Gasteiger partial charge is 0.310 e. The number of fused-ring (bicyclic) bond motifs is 2. The number of rotatable bonds is 4. The van der Waals surface area contributed by atoms with Crippen LogP contribution in [0.15, 0.2) is 60.7 Å². The molecule has 2 aromatic carbocycles. The summed E-state index contributed by atoms with van der Waals surface area (Å²) in [7, 11) is 0. The van der Waals surface area contributed by atoms with E-state index in [-0.39, 0.29) is 21.7 Å². The van der Waals surface area contributed by atoms with Gasteiger partial charge in [-0.05, 0) is 47.6 Å². The third-order valence-electron chi connectivity index (χ3n) is 10.4. The summed E-state index contributed by atoms with van der Waals surface area (Å²) in [5.74, 6) is 0. The lowest BCUT2D eigenvalue weighted by Crippen LogP contribution is -2.70. The summed E-state index contributed by atoms with van der Waals surface area (Å²) in [6, 6.07) is 25.0. The van der Waals surface area contributed by atoms with Crippen molar-refractivity contribution in [1.29, 1.82) is 0 Å². The van der Waals surface area contributed by atoms with Crippen molar-refractivity contribution in [1.82, 2.24) is 10.6 Å². The highest BCUT2D eigenvalue weighted by Crippen LogP contribution is 2.77. The van der Waals surface area contributed by atoms with E-state index in [1.54, 1.807) is 0 Å². The molecule has 30 heavy (non-hydrogen) atoms. The van der Waals surface area contributed by atoms with E-state index in [0.29, 0.717) is 24.2 Å². The van der Waals surface area contributed by atoms with Crippen LogP contribution in [0.5, 0.6) is 0 Å². The molecule has 2 N–H and O–H groups in total. The van der Waals surface area contributed by atoms with Crippen LogP contribution in [0.1, 0.15) is 51.7 Å². The Morgan fingerprint density at radius 2 is 0.967 bits per heavy atom. The van der Waals surface area contributed by atoms with Gasteiger partial charge in [0.1, 0.15) is 0 Å². The van der Waals surface area contributed by atoms with E-state index in [9.17, 15) is 0 Å². The number of hydrogen-bond acceptors (Lipinski definition) is 2. The van der Waals surface area contributed by atoms with Crippen molar-refractivity contribution in [3.8, 4) is 0 Å². The lowest BCUT2D eigenvalue weighted by atomic mass is 9.34. The number of hydrogen-bond donors (Lipinski definition) is 2. The van der Waals surface area contributed by atoms with Crippen molar-refractivity contribution in [3.05, 3.63) is 71.8 Å². The van der Waals surface area contributed by atoms with Gasteiger partial charge in [0.15, 0.2) is 0 Å². The molecule has 6 unspecified atom stereocenters. The van der Waals surface area contributed by atoms with Gasteiger partial charge in [0.25, 0.3) is 0 Å². The summed E-state index contributed by atoms with van der Waals surface area (Å²) in [5.41, 5.74) is 3.99. The molecule has 6 rings (SSSR count). The predicted molar refractivity (Wildman–Crippen MR) is 123 cm³/mol. The molecular formula is C28H36N2. The molecule has 2 aliphatic carbocycles. The zero-order valence-electron chi connectivity index (χ0n) is 18.9. The molecule has 2 aliphatic heterocycles. The topological polar surface area (TPSA) is 24.1 Å². The van der Waals surface area contributed by atoms with Crippen LogP contribution in [0, 0.1) is 21.7 Å². The quantitative estimate of drug-likeness (QED) is 0.756. The van der Waals surface area contributed by atoms with Gasteiger partial charge in [-0.15, -0.1) is 0 Å². The Balaban J connectivity index is 1.61. The second-order valence-corrected chi connectivity index (χ2v) is 11.7. The van der Waals surface area contributed by atoms with Gasteiger partial charge in [0, 0.05) is 35.0 Å².